The summed E-state index contributed by atoms with van der Waals surface area (Å²) < 4.78 is 68.8. The van der Waals surface area contributed by atoms with E-state index in [1.165, 1.54) is 238 Å². The molecule has 4 unspecified atom stereocenters. The number of carbonyl (C=O) groups excluding carboxylic acids is 4. The van der Waals surface area contributed by atoms with E-state index in [1.54, 1.807) is 0 Å². The van der Waals surface area contributed by atoms with Crippen molar-refractivity contribution in [3.8, 4) is 0 Å². The van der Waals surface area contributed by atoms with Crippen LogP contribution in [0.15, 0.2) is 0 Å². The van der Waals surface area contributed by atoms with Crippen molar-refractivity contribution in [2.45, 2.75) is 446 Å². The Morgan fingerprint density at radius 2 is 0.505 bits per heavy atom. The number of unbranched alkanes of at least 4 members (excludes halogenated alkanes) is 46. The van der Waals surface area contributed by atoms with Crippen molar-refractivity contribution in [3.63, 3.8) is 0 Å². The van der Waals surface area contributed by atoms with E-state index in [0.29, 0.717) is 25.7 Å². The Kier molecular flexibility index (Phi) is 70.9. The smallest absolute Gasteiger partial charge is 0.462 e. The Labute approximate surface area is 619 Å². The maximum atomic E-state index is 13.1. The van der Waals surface area contributed by atoms with Crippen LogP contribution >= 0.6 is 15.6 Å². The third kappa shape index (κ3) is 73.4. The number of hydrogen-bond donors (Lipinski definition) is 3. The Bertz CT molecular complexity index is 1960. The third-order valence-electron chi connectivity index (χ3n) is 19.9. The molecule has 0 saturated heterocycles. The average molecular weight is 1480 g/mol. The number of phosphoric acid groups is 2. The predicted octanol–water partition coefficient (Wildman–Crippen LogP) is 24.5. The molecule has 7 atom stereocenters. The van der Waals surface area contributed by atoms with E-state index in [9.17, 15) is 43.2 Å². The number of carbonyl (C=O) groups is 4. The van der Waals surface area contributed by atoms with Gasteiger partial charge in [-0.05, 0) is 43.4 Å². The number of esters is 4. The van der Waals surface area contributed by atoms with Gasteiger partial charge in [0.05, 0.1) is 26.4 Å². The molecule has 0 rings (SSSR count). The number of aliphatic hydroxyl groups excluding tert-OH is 1. The van der Waals surface area contributed by atoms with E-state index in [1.807, 2.05) is 0 Å². The monoisotopic (exact) mass is 1480 g/mol. The third-order valence-corrected chi connectivity index (χ3v) is 21.8. The zero-order valence-electron chi connectivity index (χ0n) is 66.4. The lowest BCUT2D eigenvalue weighted by molar-refractivity contribution is -0.161. The van der Waals surface area contributed by atoms with E-state index < -0.39 is 97.5 Å². The molecule has 0 amide bonds. The first-order valence-corrected chi connectivity index (χ1v) is 45.4. The van der Waals surface area contributed by atoms with Gasteiger partial charge in [-0.2, -0.15) is 0 Å². The lowest BCUT2D eigenvalue weighted by Gasteiger charge is -2.21. The summed E-state index contributed by atoms with van der Waals surface area (Å²) in [6, 6.07) is 0. The average Bonchev–Trinajstić information content (AvgIpc) is 0.947. The number of rotatable bonds is 80. The van der Waals surface area contributed by atoms with Crippen molar-refractivity contribution in [1.29, 1.82) is 0 Å². The van der Waals surface area contributed by atoms with Crippen LogP contribution in [0.1, 0.15) is 427 Å². The molecule has 0 aromatic carbocycles. The lowest BCUT2D eigenvalue weighted by Crippen LogP contribution is -2.30. The Balaban J connectivity index is 5.26. The van der Waals surface area contributed by atoms with Crippen LogP contribution < -0.4 is 0 Å². The van der Waals surface area contributed by atoms with Crippen LogP contribution in [-0.2, 0) is 65.4 Å². The Morgan fingerprint density at radius 1 is 0.287 bits per heavy atom. The van der Waals surface area contributed by atoms with Crippen molar-refractivity contribution in [3.05, 3.63) is 0 Å². The van der Waals surface area contributed by atoms with E-state index in [4.69, 9.17) is 37.0 Å². The predicted molar refractivity (Wildman–Crippen MR) is 414 cm³/mol. The van der Waals surface area contributed by atoms with E-state index in [0.717, 1.165) is 108 Å². The summed E-state index contributed by atoms with van der Waals surface area (Å²) in [5.41, 5.74) is 0. The van der Waals surface area contributed by atoms with Gasteiger partial charge in [0.1, 0.15) is 19.3 Å². The second kappa shape index (κ2) is 72.3. The molecular weight excluding hydrogens is 1320 g/mol. The maximum Gasteiger partial charge on any atom is 0.472 e. The molecule has 3 N–H and O–H groups in total. The van der Waals surface area contributed by atoms with Gasteiger partial charge in [-0.15, -0.1) is 0 Å². The molecule has 19 heteroatoms. The first-order valence-electron chi connectivity index (χ1n) is 42.4. The number of aliphatic hydroxyl groups is 1. The summed E-state index contributed by atoms with van der Waals surface area (Å²) in [7, 11) is -9.92. The van der Waals surface area contributed by atoms with Crippen molar-refractivity contribution in [2.75, 3.05) is 39.6 Å². The lowest BCUT2D eigenvalue weighted by atomic mass is 9.99. The molecule has 0 aliphatic heterocycles. The first kappa shape index (κ1) is 99.1. The molecule has 0 bridgehead atoms. The van der Waals surface area contributed by atoms with Crippen LogP contribution in [0, 0.1) is 17.8 Å². The van der Waals surface area contributed by atoms with Crippen molar-refractivity contribution < 1.29 is 80.2 Å². The Hall–Kier alpha value is -1.94. The summed E-state index contributed by atoms with van der Waals surface area (Å²) in [5, 5.41) is 10.7. The summed E-state index contributed by atoms with van der Waals surface area (Å²) in [4.78, 5) is 73.1. The van der Waals surface area contributed by atoms with Crippen molar-refractivity contribution in [1.82, 2.24) is 0 Å². The molecule has 0 radical (unpaired) electrons. The quantitative estimate of drug-likeness (QED) is 0.0222. The molecule has 101 heavy (non-hydrogen) atoms. The van der Waals surface area contributed by atoms with Gasteiger partial charge in [-0.3, -0.25) is 37.3 Å². The van der Waals surface area contributed by atoms with Gasteiger partial charge in [-0.1, -0.05) is 376 Å². The number of phosphoric ester groups is 2. The minimum absolute atomic E-state index is 0.107. The number of hydrogen-bond acceptors (Lipinski definition) is 15. The highest BCUT2D eigenvalue weighted by molar-refractivity contribution is 7.47. The van der Waals surface area contributed by atoms with Crippen LogP contribution in [0.4, 0.5) is 0 Å². The van der Waals surface area contributed by atoms with E-state index in [2.05, 4.69) is 48.5 Å². The molecule has 0 aliphatic rings. The maximum absolute atomic E-state index is 13.1. The summed E-state index contributed by atoms with van der Waals surface area (Å²) in [6.45, 7) is 12.0. The molecule has 17 nitrogen and oxygen atoms in total. The first-order chi connectivity index (χ1) is 48.8. The fraction of sp³-hybridized carbons (Fsp3) is 0.951. The van der Waals surface area contributed by atoms with Crippen LogP contribution in [0.25, 0.3) is 0 Å². The van der Waals surface area contributed by atoms with Gasteiger partial charge in [0.15, 0.2) is 12.2 Å². The highest BCUT2D eigenvalue weighted by atomic mass is 31.2. The fourth-order valence-electron chi connectivity index (χ4n) is 12.6. The topological polar surface area (TPSA) is 237 Å². The van der Waals surface area contributed by atoms with Gasteiger partial charge in [-0.25, -0.2) is 9.13 Å². The molecule has 0 aliphatic carbocycles. The highest BCUT2D eigenvalue weighted by Gasteiger charge is 2.30. The molecule has 0 saturated carbocycles. The van der Waals surface area contributed by atoms with Crippen LogP contribution in [0.3, 0.4) is 0 Å². The minimum Gasteiger partial charge on any atom is -0.462 e. The van der Waals surface area contributed by atoms with Gasteiger partial charge in [0.2, 0.25) is 0 Å². The zero-order valence-corrected chi connectivity index (χ0v) is 68.2. The van der Waals surface area contributed by atoms with Crippen molar-refractivity contribution >= 4 is 39.5 Å². The van der Waals surface area contributed by atoms with E-state index in [-0.39, 0.29) is 25.7 Å². The second-order valence-corrected chi connectivity index (χ2v) is 33.4. The normalized spacial score (nSPS) is 14.5. The molecule has 0 aromatic rings. The van der Waals surface area contributed by atoms with Gasteiger partial charge >= 0.3 is 39.5 Å². The molecule has 0 spiro atoms. The van der Waals surface area contributed by atoms with Crippen LogP contribution in [-0.4, -0.2) is 96.7 Å². The largest absolute Gasteiger partial charge is 0.472 e. The number of ether oxygens (including phenoxy) is 4. The minimum atomic E-state index is -4.96. The van der Waals surface area contributed by atoms with Gasteiger partial charge in [0.25, 0.3) is 0 Å². The zero-order chi connectivity index (χ0) is 74.4. The summed E-state index contributed by atoms with van der Waals surface area (Å²) >= 11 is 0. The standard InChI is InChI=1S/C82H160O17P2/c1-8-11-12-13-14-15-16-22-30-35-44-51-58-65-81(86)99-78(70-93-80(85)64-57-50-43-38-37-41-48-55-62-75(7)10-3)72-97-101(90,91)95-68-76(83)67-94-100(88,89)96-71-77(98-82(87)66-59-52-45-36-31-26-19-17-18-23-27-32-39-46-53-60-73(4)5)69-92-79(84)63-56-49-42-34-29-25-21-20-24-28-33-40-47-54-61-74(6)9-2/h73-78,83H,8-72H2,1-7H3,(H,88,89)(H,90,91)/t74?,75?,76-,77-,78-/m1/s1. The van der Waals surface area contributed by atoms with Crippen LogP contribution in [0.5, 0.6) is 0 Å². The van der Waals surface area contributed by atoms with Crippen LogP contribution in [0.2, 0.25) is 0 Å². The van der Waals surface area contributed by atoms with Gasteiger partial charge < -0.3 is 33.8 Å². The van der Waals surface area contributed by atoms with Gasteiger partial charge in [0, 0.05) is 25.7 Å². The SMILES string of the molecule is CCCCCCCCCCCCCCCC(=O)O[C@H](COC(=O)CCCCCCCCCCC(C)CC)COP(=O)(O)OC[C@H](O)COP(=O)(O)OC[C@@H](COC(=O)CCCCCCCCCCCCCCCCC(C)CC)OC(=O)CCCCCCCCCCCCCCCCCC(C)C. The molecule has 600 valence electrons. The summed E-state index contributed by atoms with van der Waals surface area (Å²) in [6.07, 6.45) is 60.8. The molecule has 0 heterocycles. The molecular formula is C82H160O17P2. The highest BCUT2D eigenvalue weighted by Crippen LogP contribution is 2.45. The Morgan fingerprint density at radius 3 is 0.752 bits per heavy atom. The van der Waals surface area contributed by atoms with Crippen molar-refractivity contribution in [2.24, 2.45) is 17.8 Å². The fourth-order valence-corrected chi connectivity index (χ4v) is 14.2. The van der Waals surface area contributed by atoms with E-state index >= 15 is 0 Å². The summed E-state index contributed by atoms with van der Waals surface area (Å²) in [5.74, 6) is 0.322. The second-order valence-electron chi connectivity index (χ2n) is 30.5. The molecule has 0 aromatic heterocycles. The molecule has 0 fully saturated rings.